The Hall–Kier alpha value is -0.340. The molecule has 2 fully saturated rings. The summed E-state index contributed by atoms with van der Waals surface area (Å²) in [5.41, 5.74) is -1.54. The van der Waals surface area contributed by atoms with Crippen LogP contribution in [-0.4, -0.2) is 73.9 Å². The standard InChI is InChI=1S/C13H22N2O4S/c1-13(2,18)10-9(17)8(16)7-11(19-10)20-12(14-7)15-5-3-4-6-15/h7-11,16-18H,3-6H2,1-2H3/t7-,8-,9+,10+,11-/m1/s1. The van der Waals surface area contributed by atoms with Crippen molar-refractivity contribution in [1.82, 2.24) is 4.90 Å². The molecule has 0 aromatic heterocycles. The predicted molar refractivity (Wildman–Crippen MR) is 76.6 cm³/mol. The summed E-state index contributed by atoms with van der Waals surface area (Å²) in [5.74, 6) is 0. The number of fused-ring (bicyclic) bond motifs is 1. The Morgan fingerprint density at radius 3 is 2.50 bits per heavy atom. The van der Waals surface area contributed by atoms with E-state index in [0.717, 1.165) is 31.1 Å². The molecule has 0 saturated carbocycles. The summed E-state index contributed by atoms with van der Waals surface area (Å²) < 4.78 is 5.81. The smallest absolute Gasteiger partial charge is 0.162 e. The van der Waals surface area contributed by atoms with Gasteiger partial charge in [0, 0.05) is 13.1 Å². The van der Waals surface area contributed by atoms with Crippen molar-refractivity contribution >= 4 is 16.9 Å². The van der Waals surface area contributed by atoms with Crippen molar-refractivity contribution in [3.05, 3.63) is 0 Å². The second-order valence-electron chi connectivity index (χ2n) is 6.27. The van der Waals surface area contributed by atoms with Crippen LogP contribution in [0.15, 0.2) is 4.99 Å². The number of aliphatic imine (C=N–C) groups is 1. The van der Waals surface area contributed by atoms with Gasteiger partial charge in [-0.2, -0.15) is 0 Å². The molecule has 0 bridgehead atoms. The minimum absolute atomic E-state index is 0.333. The van der Waals surface area contributed by atoms with Crippen molar-refractivity contribution in [1.29, 1.82) is 0 Å². The van der Waals surface area contributed by atoms with Crippen molar-refractivity contribution in [2.45, 2.75) is 62.1 Å². The zero-order valence-electron chi connectivity index (χ0n) is 11.8. The lowest BCUT2D eigenvalue weighted by molar-refractivity contribution is -0.208. The minimum atomic E-state index is -1.21. The number of aliphatic hydroxyl groups excluding tert-OH is 2. The maximum Gasteiger partial charge on any atom is 0.162 e. The average molecular weight is 302 g/mol. The third-order valence-corrected chi connectivity index (χ3v) is 5.32. The Morgan fingerprint density at radius 2 is 1.90 bits per heavy atom. The average Bonchev–Trinajstić information content (AvgIpc) is 3.00. The molecule has 0 radical (unpaired) electrons. The molecular formula is C13H22N2O4S. The third kappa shape index (κ3) is 2.46. The van der Waals surface area contributed by atoms with Gasteiger partial charge in [0.2, 0.25) is 0 Å². The van der Waals surface area contributed by atoms with Crippen LogP contribution in [0.2, 0.25) is 0 Å². The summed E-state index contributed by atoms with van der Waals surface area (Å²) >= 11 is 1.49. The molecule has 0 aromatic rings. The van der Waals surface area contributed by atoms with Gasteiger partial charge in [-0.25, -0.2) is 0 Å². The van der Waals surface area contributed by atoms with Gasteiger partial charge in [0.05, 0.1) is 5.60 Å². The SMILES string of the molecule is CC(C)(O)[C@H]1O[C@@H]2SC(N3CCCC3)=N[C@@H]2[C@@H](O)[C@@H]1O. The van der Waals surface area contributed by atoms with E-state index >= 15 is 0 Å². The number of aliphatic hydroxyl groups is 3. The van der Waals surface area contributed by atoms with Crippen LogP contribution in [0.3, 0.4) is 0 Å². The Labute approximate surface area is 122 Å². The molecule has 0 amide bonds. The van der Waals surface area contributed by atoms with Crippen LogP contribution in [0.5, 0.6) is 0 Å². The van der Waals surface area contributed by atoms with E-state index in [-0.39, 0.29) is 5.44 Å². The van der Waals surface area contributed by atoms with E-state index in [0.29, 0.717) is 0 Å². The molecule has 0 aliphatic carbocycles. The van der Waals surface area contributed by atoms with Gasteiger partial charge < -0.3 is 25.0 Å². The molecule has 7 heteroatoms. The Balaban J connectivity index is 1.77. The van der Waals surface area contributed by atoms with Gasteiger partial charge in [-0.3, -0.25) is 4.99 Å². The van der Waals surface area contributed by atoms with Crippen LogP contribution in [-0.2, 0) is 4.74 Å². The van der Waals surface area contributed by atoms with E-state index < -0.39 is 30.0 Å². The van der Waals surface area contributed by atoms with Crippen LogP contribution in [0.1, 0.15) is 26.7 Å². The van der Waals surface area contributed by atoms with E-state index in [1.165, 1.54) is 11.8 Å². The lowest BCUT2D eigenvalue weighted by atomic mass is 9.89. The fourth-order valence-corrected chi connectivity index (χ4v) is 4.25. The Morgan fingerprint density at radius 1 is 1.25 bits per heavy atom. The highest BCUT2D eigenvalue weighted by atomic mass is 32.2. The number of hydrogen-bond donors (Lipinski definition) is 3. The van der Waals surface area contributed by atoms with E-state index in [2.05, 4.69) is 9.89 Å². The summed E-state index contributed by atoms with van der Waals surface area (Å²) in [7, 11) is 0. The van der Waals surface area contributed by atoms with Gasteiger partial charge in [-0.1, -0.05) is 11.8 Å². The Bertz CT molecular complexity index is 406. The summed E-state index contributed by atoms with van der Waals surface area (Å²) in [6.07, 6.45) is -0.615. The predicted octanol–water partition coefficient (Wildman–Crippen LogP) is -0.229. The first-order valence-corrected chi connectivity index (χ1v) is 7.99. The minimum Gasteiger partial charge on any atom is -0.388 e. The van der Waals surface area contributed by atoms with Gasteiger partial charge in [0.15, 0.2) is 5.17 Å². The zero-order valence-corrected chi connectivity index (χ0v) is 12.6. The van der Waals surface area contributed by atoms with E-state index in [4.69, 9.17) is 4.74 Å². The number of rotatable bonds is 1. The number of hydrogen-bond acceptors (Lipinski definition) is 7. The van der Waals surface area contributed by atoms with Crippen molar-refractivity contribution in [2.75, 3.05) is 13.1 Å². The molecular weight excluding hydrogens is 280 g/mol. The lowest BCUT2D eigenvalue weighted by Gasteiger charge is -2.43. The van der Waals surface area contributed by atoms with E-state index in [9.17, 15) is 15.3 Å². The van der Waals surface area contributed by atoms with Gasteiger partial charge in [0.1, 0.15) is 29.8 Å². The van der Waals surface area contributed by atoms with Crippen LogP contribution in [0.25, 0.3) is 0 Å². The zero-order chi connectivity index (χ0) is 14.5. The molecule has 6 nitrogen and oxygen atoms in total. The molecule has 0 unspecified atom stereocenters. The van der Waals surface area contributed by atoms with Gasteiger partial charge in [-0.15, -0.1) is 0 Å². The van der Waals surface area contributed by atoms with Crippen LogP contribution in [0.4, 0.5) is 0 Å². The van der Waals surface area contributed by atoms with E-state index in [1.54, 1.807) is 13.8 Å². The molecule has 114 valence electrons. The summed E-state index contributed by atoms with van der Waals surface area (Å²) in [5, 5.41) is 31.4. The van der Waals surface area contributed by atoms with Crippen molar-refractivity contribution in [3.63, 3.8) is 0 Å². The normalized spacial score (nSPS) is 41.8. The first-order chi connectivity index (χ1) is 9.38. The second kappa shape index (κ2) is 5.14. The molecule has 0 spiro atoms. The fraction of sp³-hybridized carbons (Fsp3) is 0.923. The molecule has 2 saturated heterocycles. The molecule has 3 rings (SSSR count). The van der Waals surface area contributed by atoms with Crippen molar-refractivity contribution < 1.29 is 20.1 Å². The topological polar surface area (TPSA) is 85.5 Å². The first-order valence-electron chi connectivity index (χ1n) is 7.11. The molecule has 3 aliphatic rings. The third-order valence-electron chi connectivity index (χ3n) is 4.12. The Kier molecular flexibility index (Phi) is 3.75. The molecule has 0 aromatic carbocycles. The number of likely N-dealkylation sites (tertiary alicyclic amines) is 1. The number of thioether (sulfide) groups is 1. The summed E-state index contributed by atoms with van der Waals surface area (Å²) in [4.78, 5) is 6.73. The highest BCUT2D eigenvalue weighted by Crippen LogP contribution is 2.40. The van der Waals surface area contributed by atoms with Crippen molar-refractivity contribution in [3.8, 4) is 0 Å². The molecule has 3 heterocycles. The fourth-order valence-electron chi connectivity index (χ4n) is 2.99. The highest BCUT2D eigenvalue weighted by molar-refractivity contribution is 8.14. The van der Waals surface area contributed by atoms with Gasteiger partial charge >= 0.3 is 0 Å². The highest BCUT2D eigenvalue weighted by Gasteiger charge is 2.52. The van der Waals surface area contributed by atoms with Gasteiger partial charge in [0.25, 0.3) is 0 Å². The van der Waals surface area contributed by atoms with Gasteiger partial charge in [-0.05, 0) is 26.7 Å². The van der Waals surface area contributed by atoms with Crippen LogP contribution in [0, 0.1) is 0 Å². The monoisotopic (exact) mass is 302 g/mol. The lowest BCUT2D eigenvalue weighted by Crippen LogP contribution is -2.61. The summed E-state index contributed by atoms with van der Waals surface area (Å²) in [6, 6.07) is -0.454. The van der Waals surface area contributed by atoms with Crippen molar-refractivity contribution in [2.24, 2.45) is 4.99 Å². The largest absolute Gasteiger partial charge is 0.388 e. The van der Waals surface area contributed by atoms with Crippen LogP contribution < -0.4 is 0 Å². The second-order valence-corrected chi connectivity index (χ2v) is 7.34. The summed E-state index contributed by atoms with van der Waals surface area (Å²) in [6.45, 7) is 5.13. The molecule has 3 aliphatic heterocycles. The maximum absolute atomic E-state index is 10.3. The molecule has 5 atom stereocenters. The number of ether oxygens (including phenoxy) is 1. The first kappa shape index (κ1) is 14.6. The quantitative estimate of drug-likeness (QED) is 0.620. The molecule has 20 heavy (non-hydrogen) atoms. The van der Waals surface area contributed by atoms with E-state index in [1.807, 2.05) is 0 Å². The number of nitrogens with zero attached hydrogens (tertiary/aromatic N) is 2. The molecule has 3 N–H and O–H groups in total. The maximum atomic E-state index is 10.3. The number of amidine groups is 1. The van der Waals surface area contributed by atoms with Crippen LogP contribution >= 0.6 is 11.8 Å².